The van der Waals surface area contributed by atoms with Gasteiger partial charge in [0, 0.05) is 6.04 Å². The molecule has 2 saturated heterocycles. The molecular weight excluding hydrogens is 252 g/mol. The van der Waals surface area contributed by atoms with Crippen LogP contribution in [0.15, 0.2) is 30.3 Å². The number of cyclic esters (lactones) is 1. The molecule has 0 bridgehead atoms. The van der Waals surface area contributed by atoms with Gasteiger partial charge in [0.05, 0.1) is 6.04 Å². The van der Waals surface area contributed by atoms with Crippen molar-refractivity contribution in [1.82, 2.24) is 10.2 Å². The van der Waals surface area contributed by atoms with Crippen LogP contribution in [0.25, 0.3) is 0 Å². The molecule has 2 fully saturated rings. The van der Waals surface area contributed by atoms with Gasteiger partial charge >= 0.3 is 6.09 Å². The number of hydrogen-bond acceptors (Lipinski definition) is 3. The van der Waals surface area contributed by atoms with Gasteiger partial charge in [-0.05, 0) is 45.3 Å². The second kappa shape index (κ2) is 5.09. The molecule has 1 aromatic rings. The van der Waals surface area contributed by atoms with Crippen LogP contribution in [0.5, 0.6) is 0 Å². The van der Waals surface area contributed by atoms with Crippen LogP contribution in [0.1, 0.15) is 38.3 Å². The van der Waals surface area contributed by atoms with Gasteiger partial charge in [-0.25, -0.2) is 4.79 Å². The Morgan fingerprint density at radius 3 is 2.50 bits per heavy atom. The molecule has 1 amide bonds. The number of amides is 1. The minimum absolute atomic E-state index is 0.000648. The minimum atomic E-state index is -0.483. The van der Waals surface area contributed by atoms with E-state index in [2.05, 4.69) is 17.4 Å². The lowest BCUT2D eigenvalue weighted by Gasteiger charge is -2.36. The van der Waals surface area contributed by atoms with Crippen molar-refractivity contribution >= 4 is 6.09 Å². The molecule has 1 atom stereocenters. The van der Waals surface area contributed by atoms with Gasteiger partial charge in [-0.2, -0.15) is 0 Å². The maximum atomic E-state index is 12.4. The topological polar surface area (TPSA) is 41.6 Å². The van der Waals surface area contributed by atoms with Gasteiger partial charge in [-0.3, -0.25) is 4.90 Å². The number of piperidine rings is 1. The number of nitrogens with one attached hydrogen (secondary N) is 1. The molecule has 3 rings (SSSR count). The number of nitrogens with zero attached hydrogens (tertiary/aromatic N) is 1. The van der Waals surface area contributed by atoms with E-state index in [1.807, 2.05) is 36.9 Å². The SMILES string of the molecule is CC1(C)OC(=O)N(C2CCNCC2)C1c1ccccc1. The van der Waals surface area contributed by atoms with Gasteiger partial charge in [0.15, 0.2) is 0 Å². The molecular formula is C16H22N2O2. The van der Waals surface area contributed by atoms with Crippen molar-refractivity contribution in [3.05, 3.63) is 35.9 Å². The Bertz CT molecular complexity index is 481. The molecule has 1 aromatic carbocycles. The first-order valence-corrected chi connectivity index (χ1v) is 7.36. The summed E-state index contributed by atoms with van der Waals surface area (Å²) < 4.78 is 5.65. The van der Waals surface area contributed by atoms with E-state index in [1.54, 1.807) is 0 Å². The van der Waals surface area contributed by atoms with E-state index in [4.69, 9.17) is 4.74 Å². The van der Waals surface area contributed by atoms with Crippen molar-refractivity contribution in [2.24, 2.45) is 0 Å². The molecule has 0 aliphatic carbocycles. The van der Waals surface area contributed by atoms with Crippen LogP contribution in [0, 0.1) is 0 Å². The Morgan fingerprint density at radius 1 is 1.20 bits per heavy atom. The Kier molecular flexibility index (Phi) is 3.42. The minimum Gasteiger partial charge on any atom is -0.441 e. The monoisotopic (exact) mass is 274 g/mol. The molecule has 4 heteroatoms. The van der Waals surface area contributed by atoms with E-state index in [-0.39, 0.29) is 18.2 Å². The maximum Gasteiger partial charge on any atom is 0.411 e. The van der Waals surface area contributed by atoms with Gasteiger partial charge in [0.1, 0.15) is 5.60 Å². The predicted octanol–water partition coefficient (Wildman–Crippen LogP) is 2.71. The quantitative estimate of drug-likeness (QED) is 0.901. The van der Waals surface area contributed by atoms with Crippen LogP contribution in [-0.4, -0.2) is 35.7 Å². The summed E-state index contributed by atoms with van der Waals surface area (Å²) in [5.41, 5.74) is 0.672. The van der Waals surface area contributed by atoms with Crippen molar-refractivity contribution in [2.45, 2.75) is 44.4 Å². The molecule has 1 N–H and O–H groups in total. The van der Waals surface area contributed by atoms with E-state index in [0.29, 0.717) is 0 Å². The Labute approximate surface area is 120 Å². The highest BCUT2D eigenvalue weighted by Gasteiger charge is 2.50. The van der Waals surface area contributed by atoms with Crippen molar-refractivity contribution in [2.75, 3.05) is 13.1 Å². The van der Waals surface area contributed by atoms with E-state index in [9.17, 15) is 4.79 Å². The first-order chi connectivity index (χ1) is 9.59. The lowest BCUT2D eigenvalue weighted by molar-refractivity contribution is 0.0665. The number of carbonyl (C=O) groups excluding carboxylic acids is 1. The van der Waals surface area contributed by atoms with Crippen molar-refractivity contribution < 1.29 is 9.53 Å². The van der Waals surface area contributed by atoms with Crippen molar-refractivity contribution in [3.8, 4) is 0 Å². The number of hydrogen-bond donors (Lipinski definition) is 1. The zero-order valence-corrected chi connectivity index (χ0v) is 12.1. The fourth-order valence-electron chi connectivity index (χ4n) is 3.42. The molecule has 1 unspecified atom stereocenters. The summed E-state index contributed by atoms with van der Waals surface area (Å²) in [6, 6.07) is 10.5. The summed E-state index contributed by atoms with van der Waals surface area (Å²) >= 11 is 0. The highest BCUT2D eigenvalue weighted by Crippen LogP contribution is 2.43. The van der Waals surface area contributed by atoms with Gasteiger partial charge in [0.25, 0.3) is 0 Å². The molecule has 0 aromatic heterocycles. The number of rotatable bonds is 2. The van der Waals surface area contributed by atoms with Crippen LogP contribution in [0.2, 0.25) is 0 Å². The third-order valence-electron chi connectivity index (χ3n) is 4.32. The normalized spacial score (nSPS) is 26.6. The predicted molar refractivity (Wildman–Crippen MR) is 77.5 cm³/mol. The van der Waals surface area contributed by atoms with E-state index in [1.165, 1.54) is 0 Å². The van der Waals surface area contributed by atoms with Gasteiger partial charge in [-0.15, -0.1) is 0 Å². The maximum absolute atomic E-state index is 12.4. The van der Waals surface area contributed by atoms with Crippen LogP contribution < -0.4 is 5.32 Å². The average molecular weight is 274 g/mol. The van der Waals surface area contributed by atoms with E-state index < -0.39 is 5.60 Å². The number of benzene rings is 1. The summed E-state index contributed by atoms with van der Waals surface area (Å²) in [5, 5.41) is 3.35. The fraction of sp³-hybridized carbons (Fsp3) is 0.562. The summed E-state index contributed by atoms with van der Waals surface area (Å²) in [4.78, 5) is 14.3. The summed E-state index contributed by atoms with van der Waals surface area (Å²) in [7, 11) is 0. The lowest BCUT2D eigenvalue weighted by atomic mass is 9.89. The van der Waals surface area contributed by atoms with E-state index >= 15 is 0 Å². The third-order valence-corrected chi connectivity index (χ3v) is 4.32. The second-order valence-corrected chi connectivity index (χ2v) is 6.17. The smallest absolute Gasteiger partial charge is 0.411 e. The van der Waals surface area contributed by atoms with E-state index in [0.717, 1.165) is 31.5 Å². The van der Waals surface area contributed by atoms with Crippen molar-refractivity contribution in [3.63, 3.8) is 0 Å². The Hall–Kier alpha value is -1.55. The zero-order chi connectivity index (χ0) is 14.2. The molecule has 0 spiro atoms. The molecule has 0 saturated carbocycles. The third kappa shape index (κ3) is 2.29. The van der Waals surface area contributed by atoms with Crippen molar-refractivity contribution in [1.29, 1.82) is 0 Å². The van der Waals surface area contributed by atoms with Crippen LogP contribution in [0.4, 0.5) is 4.79 Å². The fourth-order valence-corrected chi connectivity index (χ4v) is 3.42. The van der Waals surface area contributed by atoms with Gasteiger partial charge in [-0.1, -0.05) is 30.3 Å². The standard InChI is InChI=1S/C16H22N2O2/c1-16(2)14(12-6-4-3-5-7-12)18(15(19)20-16)13-8-10-17-11-9-13/h3-7,13-14,17H,8-11H2,1-2H3. The zero-order valence-electron chi connectivity index (χ0n) is 12.1. The van der Waals surface area contributed by atoms with Crippen LogP contribution in [-0.2, 0) is 4.74 Å². The highest BCUT2D eigenvalue weighted by atomic mass is 16.6. The second-order valence-electron chi connectivity index (χ2n) is 6.17. The highest BCUT2D eigenvalue weighted by molar-refractivity contribution is 5.72. The Balaban J connectivity index is 1.95. The molecule has 108 valence electrons. The van der Waals surface area contributed by atoms with Crippen LogP contribution in [0.3, 0.4) is 0 Å². The molecule has 4 nitrogen and oxygen atoms in total. The summed E-state index contributed by atoms with van der Waals surface area (Å²) in [5.74, 6) is 0. The Morgan fingerprint density at radius 2 is 1.85 bits per heavy atom. The lowest BCUT2D eigenvalue weighted by Crippen LogP contribution is -2.46. The molecule has 2 aliphatic rings. The number of carbonyl (C=O) groups is 1. The van der Waals surface area contributed by atoms with Gasteiger partial charge in [0.2, 0.25) is 0 Å². The van der Waals surface area contributed by atoms with Gasteiger partial charge < -0.3 is 10.1 Å². The summed E-state index contributed by atoms with van der Waals surface area (Å²) in [6.07, 6.45) is 1.82. The number of ether oxygens (including phenoxy) is 1. The first-order valence-electron chi connectivity index (χ1n) is 7.36. The van der Waals surface area contributed by atoms with Crippen LogP contribution >= 0.6 is 0 Å². The molecule has 20 heavy (non-hydrogen) atoms. The average Bonchev–Trinajstić information content (AvgIpc) is 2.70. The molecule has 2 heterocycles. The molecule has 2 aliphatic heterocycles. The first kappa shape index (κ1) is 13.4. The molecule has 0 radical (unpaired) electrons. The largest absolute Gasteiger partial charge is 0.441 e. The summed E-state index contributed by atoms with van der Waals surface area (Å²) in [6.45, 7) is 5.94.